The molecule has 5 heteroatoms. The highest BCUT2D eigenvalue weighted by Crippen LogP contribution is 2.11. The van der Waals surface area contributed by atoms with Gasteiger partial charge in [-0.15, -0.1) is 0 Å². The molecule has 0 aliphatic carbocycles. The van der Waals surface area contributed by atoms with Crippen molar-refractivity contribution < 1.29 is 26.8 Å². The second-order valence-electron chi connectivity index (χ2n) is 5.24. The summed E-state index contributed by atoms with van der Waals surface area (Å²) in [5.74, 6) is -0.263. The molecule has 1 aromatic carbocycles. The first-order chi connectivity index (χ1) is 9.15. The first kappa shape index (κ1) is 17.3. The van der Waals surface area contributed by atoms with Crippen LogP contribution in [0, 0.1) is 0 Å². The number of halogens is 2. The number of benzene rings is 1. The van der Waals surface area contributed by atoms with E-state index in [-0.39, 0.29) is 24.5 Å². The minimum Gasteiger partial charge on any atom is -1.00 e. The van der Waals surface area contributed by atoms with Gasteiger partial charge in [0, 0.05) is 5.02 Å². The van der Waals surface area contributed by atoms with Crippen LogP contribution in [0.5, 0.6) is 0 Å². The molecule has 1 aliphatic heterocycles. The van der Waals surface area contributed by atoms with E-state index in [1.165, 1.54) is 32.4 Å². The monoisotopic (exact) mass is 317 g/mol. The molecule has 1 saturated heterocycles. The van der Waals surface area contributed by atoms with Gasteiger partial charge in [-0.3, -0.25) is 0 Å². The highest BCUT2D eigenvalue weighted by atomic mass is 35.5. The Morgan fingerprint density at radius 1 is 1.25 bits per heavy atom. The molecule has 0 spiro atoms. The summed E-state index contributed by atoms with van der Waals surface area (Å²) in [5, 5.41) is 0.627. The maximum absolute atomic E-state index is 11.9. The SMILES string of the molecule is CC(C[NH+]1CCCCC1)OC(=O)c1ccc(Cl)cc1.[Cl-]. The molecule has 1 unspecified atom stereocenters. The topological polar surface area (TPSA) is 30.7 Å². The molecular weight excluding hydrogens is 297 g/mol. The van der Waals surface area contributed by atoms with Crippen molar-refractivity contribution in [2.45, 2.75) is 32.3 Å². The lowest BCUT2D eigenvalue weighted by Gasteiger charge is -2.26. The standard InChI is InChI=1S/C15H20ClNO2.ClH/c1-12(11-17-9-3-2-4-10-17)19-15(18)13-5-7-14(16)8-6-13;/h5-8,12H,2-4,9-11H2,1H3;1H. The molecule has 1 heterocycles. The highest BCUT2D eigenvalue weighted by molar-refractivity contribution is 6.30. The third kappa shape index (κ3) is 5.31. The molecule has 1 aliphatic rings. The van der Waals surface area contributed by atoms with Gasteiger partial charge in [0.1, 0.15) is 12.6 Å². The van der Waals surface area contributed by atoms with E-state index in [0.29, 0.717) is 10.6 Å². The number of carbonyl (C=O) groups excluding carboxylic acids is 1. The molecule has 0 saturated carbocycles. The van der Waals surface area contributed by atoms with Crippen molar-refractivity contribution in [1.29, 1.82) is 0 Å². The lowest BCUT2D eigenvalue weighted by Crippen LogP contribution is -3.13. The summed E-state index contributed by atoms with van der Waals surface area (Å²) in [5.41, 5.74) is 0.560. The van der Waals surface area contributed by atoms with Gasteiger partial charge in [-0.1, -0.05) is 11.6 Å². The minimum atomic E-state index is -0.263. The number of likely N-dealkylation sites (tertiary alicyclic amines) is 1. The van der Waals surface area contributed by atoms with Crippen molar-refractivity contribution >= 4 is 17.6 Å². The Labute approximate surface area is 131 Å². The Morgan fingerprint density at radius 3 is 2.45 bits per heavy atom. The Balaban J connectivity index is 0.00000200. The molecule has 0 amide bonds. The normalized spacial score (nSPS) is 17.1. The van der Waals surface area contributed by atoms with Crippen molar-refractivity contribution in [1.82, 2.24) is 0 Å². The molecule has 1 aromatic rings. The molecule has 20 heavy (non-hydrogen) atoms. The molecule has 112 valence electrons. The predicted octanol–water partition coefficient (Wildman–Crippen LogP) is -1.04. The Kier molecular flexibility index (Phi) is 7.35. The van der Waals surface area contributed by atoms with Crippen molar-refractivity contribution in [3.8, 4) is 0 Å². The zero-order valence-corrected chi connectivity index (χ0v) is 13.2. The van der Waals surface area contributed by atoms with E-state index in [4.69, 9.17) is 16.3 Å². The van der Waals surface area contributed by atoms with Crippen LogP contribution >= 0.6 is 11.6 Å². The van der Waals surface area contributed by atoms with E-state index in [1.54, 1.807) is 29.2 Å². The van der Waals surface area contributed by atoms with Gasteiger partial charge in [0.15, 0.2) is 0 Å². The number of ether oxygens (including phenoxy) is 1. The third-order valence-corrected chi connectivity index (χ3v) is 3.78. The van der Waals surface area contributed by atoms with Crippen molar-refractivity contribution in [2.75, 3.05) is 19.6 Å². The summed E-state index contributed by atoms with van der Waals surface area (Å²) in [6.07, 6.45) is 3.86. The zero-order valence-electron chi connectivity index (χ0n) is 11.7. The zero-order chi connectivity index (χ0) is 13.7. The fraction of sp³-hybridized carbons (Fsp3) is 0.533. The van der Waals surface area contributed by atoms with E-state index in [1.807, 2.05) is 6.92 Å². The minimum absolute atomic E-state index is 0. The van der Waals surface area contributed by atoms with Gasteiger partial charge < -0.3 is 22.0 Å². The smallest absolute Gasteiger partial charge is 0.338 e. The van der Waals surface area contributed by atoms with Gasteiger partial charge in [0.05, 0.1) is 18.7 Å². The van der Waals surface area contributed by atoms with Gasteiger partial charge in [-0.05, 0) is 50.5 Å². The van der Waals surface area contributed by atoms with Crippen LogP contribution in [0.1, 0.15) is 36.5 Å². The molecule has 0 radical (unpaired) electrons. The number of piperidine rings is 1. The molecule has 0 bridgehead atoms. The van der Waals surface area contributed by atoms with Gasteiger partial charge >= 0.3 is 5.97 Å². The first-order valence-electron chi connectivity index (χ1n) is 6.95. The van der Waals surface area contributed by atoms with Crippen LogP contribution in [0.25, 0.3) is 0 Å². The summed E-state index contributed by atoms with van der Waals surface area (Å²) in [6.45, 7) is 5.26. The molecule has 1 N–H and O–H groups in total. The van der Waals surface area contributed by atoms with E-state index in [2.05, 4.69) is 0 Å². The molecule has 2 rings (SSSR count). The van der Waals surface area contributed by atoms with Gasteiger partial charge in [0.25, 0.3) is 0 Å². The fourth-order valence-electron chi connectivity index (χ4n) is 2.54. The van der Waals surface area contributed by atoms with Crippen LogP contribution in [0.2, 0.25) is 5.02 Å². The lowest BCUT2D eigenvalue weighted by molar-refractivity contribution is -0.907. The number of nitrogens with one attached hydrogen (secondary N) is 1. The third-order valence-electron chi connectivity index (χ3n) is 3.52. The average Bonchev–Trinajstić information content (AvgIpc) is 2.40. The Hall–Kier alpha value is -0.770. The van der Waals surface area contributed by atoms with Gasteiger partial charge in [-0.25, -0.2) is 4.79 Å². The van der Waals surface area contributed by atoms with Crippen LogP contribution in [0.3, 0.4) is 0 Å². The predicted molar refractivity (Wildman–Crippen MR) is 75.7 cm³/mol. The second-order valence-corrected chi connectivity index (χ2v) is 5.67. The maximum atomic E-state index is 11.9. The van der Waals surface area contributed by atoms with Crippen LogP contribution < -0.4 is 17.3 Å². The maximum Gasteiger partial charge on any atom is 0.338 e. The second kappa shape index (κ2) is 8.50. The van der Waals surface area contributed by atoms with Crippen LogP contribution in [0.15, 0.2) is 24.3 Å². The van der Waals surface area contributed by atoms with Crippen molar-refractivity contribution in [2.24, 2.45) is 0 Å². The van der Waals surface area contributed by atoms with E-state index in [0.717, 1.165) is 6.54 Å². The Bertz CT molecular complexity index is 416. The van der Waals surface area contributed by atoms with Crippen molar-refractivity contribution in [3.05, 3.63) is 34.9 Å². The summed E-state index contributed by atoms with van der Waals surface area (Å²) >= 11 is 5.80. The Morgan fingerprint density at radius 2 is 1.85 bits per heavy atom. The van der Waals surface area contributed by atoms with E-state index < -0.39 is 0 Å². The summed E-state index contributed by atoms with van der Waals surface area (Å²) in [4.78, 5) is 13.5. The molecule has 3 nitrogen and oxygen atoms in total. The number of quaternary nitrogens is 1. The molecule has 0 aromatic heterocycles. The lowest BCUT2D eigenvalue weighted by atomic mass is 10.1. The van der Waals surface area contributed by atoms with Gasteiger partial charge in [0.2, 0.25) is 0 Å². The highest BCUT2D eigenvalue weighted by Gasteiger charge is 2.19. The summed E-state index contributed by atoms with van der Waals surface area (Å²) in [7, 11) is 0. The molecule has 1 atom stereocenters. The summed E-state index contributed by atoms with van der Waals surface area (Å²) in [6, 6.07) is 6.81. The number of esters is 1. The summed E-state index contributed by atoms with van der Waals surface area (Å²) < 4.78 is 5.48. The fourth-order valence-corrected chi connectivity index (χ4v) is 2.67. The number of carbonyl (C=O) groups is 1. The largest absolute Gasteiger partial charge is 1.00 e. The number of rotatable bonds is 4. The average molecular weight is 318 g/mol. The van der Waals surface area contributed by atoms with Crippen LogP contribution in [-0.2, 0) is 4.74 Å². The van der Waals surface area contributed by atoms with Crippen LogP contribution in [0.4, 0.5) is 0 Å². The molecule has 1 fully saturated rings. The quantitative estimate of drug-likeness (QED) is 0.719. The van der Waals surface area contributed by atoms with Crippen LogP contribution in [-0.4, -0.2) is 31.7 Å². The van der Waals surface area contributed by atoms with E-state index in [9.17, 15) is 4.79 Å². The van der Waals surface area contributed by atoms with Crippen molar-refractivity contribution in [3.63, 3.8) is 0 Å². The number of hydrogen-bond acceptors (Lipinski definition) is 2. The molecular formula is C15H21Cl2NO2. The van der Waals surface area contributed by atoms with Gasteiger partial charge in [-0.2, -0.15) is 0 Å². The van der Waals surface area contributed by atoms with E-state index >= 15 is 0 Å². The first-order valence-corrected chi connectivity index (χ1v) is 7.33. The number of hydrogen-bond donors (Lipinski definition) is 1.